The molecule has 1 aromatic heterocycles. The fourth-order valence-corrected chi connectivity index (χ4v) is 5.03. The molecule has 9 heteroatoms. The van der Waals surface area contributed by atoms with E-state index >= 15 is 0 Å². The third kappa shape index (κ3) is 4.46. The highest BCUT2D eigenvalue weighted by Crippen LogP contribution is 2.44. The van der Waals surface area contributed by atoms with E-state index in [1.54, 1.807) is 30.3 Å². The van der Waals surface area contributed by atoms with Crippen molar-refractivity contribution in [1.29, 1.82) is 0 Å². The first kappa shape index (κ1) is 26.2. The molecule has 2 heterocycles. The maximum Gasteiger partial charge on any atom is 0.294 e. The van der Waals surface area contributed by atoms with Gasteiger partial charge >= 0.3 is 0 Å². The molecule has 1 atom stereocenters. The Morgan fingerprint density at radius 3 is 2.28 bits per heavy atom. The Morgan fingerprint density at radius 2 is 1.64 bits per heavy atom. The van der Waals surface area contributed by atoms with E-state index in [-0.39, 0.29) is 11.3 Å². The molecule has 1 aliphatic heterocycles. The zero-order valence-corrected chi connectivity index (χ0v) is 22.5. The fourth-order valence-electron chi connectivity index (χ4n) is 4.81. The number of nitrogens with zero attached hydrogens (tertiary/aromatic N) is 1. The number of benzene rings is 3. The van der Waals surface area contributed by atoms with Gasteiger partial charge in [0, 0.05) is 28.2 Å². The minimum atomic E-state index is -0.937. The molecule has 0 bridgehead atoms. The summed E-state index contributed by atoms with van der Waals surface area (Å²) in [4.78, 5) is 28.9. The van der Waals surface area contributed by atoms with Crippen LogP contribution in [0.3, 0.4) is 0 Å². The Hall–Kier alpha value is -4.43. The van der Waals surface area contributed by atoms with Crippen molar-refractivity contribution in [2.45, 2.75) is 19.4 Å². The van der Waals surface area contributed by atoms with E-state index in [4.69, 9.17) is 30.2 Å². The number of amides is 1. The number of hydrogen-bond acceptors (Lipinski definition) is 7. The lowest BCUT2D eigenvalue weighted by molar-refractivity contribution is -0.117. The number of anilines is 1. The number of ketones is 1. The number of fused-ring (bicyclic) bond motifs is 1. The predicted molar refractivity (Wildman–Crippen MR) is 147 cm³/mol. The molecular weight excluding hydrogens is 522 g/mol. The minimum absolute atomic E-state index is 0.0655. The van der Waals surface area contributed by atoms with Crippen molar-refractivity contribution in [2.75, 3.05) is 26.2 Å². The first-order chi connectivity index (χ1) is 18.8. The number of methoxy groups -OCH3 is 3. The smallest absolute Gasteiger partial charge is 0.294 e. The standard InChI is InChI=1S/C30H26ClNO7/c1-5-16-6-8-17(9-7-16)26-25(27(33)23-13-18-12-19(31)14-24(38-4)29(18)39-23)28(34)30(35)32(26)20-10-11-21(36-2)22(15-20)37-3/h6-15,26,34H,5H2,1-4H3. The minimum Gasteiger partial charge on any atom is -0.503 e. The molecule has 1 amide bonds. The van der Waals surface area contributed by atoms with E-state index < -0.39 is 23.5 Å². The lowest BCUT2D eigenvalue weighted by atomic mass is 9.94. The molecule has 200 valence electrons. The molecule has 5 rings (SSSR count). The van der Waals surface area contributed by atoms with Gasteiger partial charge in [-0.3, -0.25) is 14.5 Å². The van der Waals surface area contributed by atoms with Gasteiger partial charge in [-0.1, -0.05) is 42.8 Å². The van der Waals surface area contributed by atoms with Crippen LogP contribution in [0.15, 0.2) is 76.4 Å². The zero-order valence-electron chi connectivity index (χ0n) is 21.8. The van der Waals surface area contributed by atoms with Gasteiger partial charge < -0.3 is 23.7 Å². The lowest BCUT2D eigenvalue weighted by Crippen LogP contribution is -2.31. The SMILES string of the molecule is CCc1ccc(C2C(C(=O)c3cc4cc(Cl)cc(OC)c4o3)=C(O)C(=O)N2c2ccc(OC)c(OC)c2)cc1. The average Bonchev–Trinajstić information content (AvgIpc) is 3.50. The van der Waals surface area contributed by atoms with Crippen LogP contribution >= 0.6 is 11.6 Å². The number of furan rings is 1. The summed E-state index contributed by atoms with van der Waals surface area (Å²) in [6.07, 6.45) is 0.819. The van der Waals surface area contributed by atoms with Crippen LogP contribution in [0.4, 0.5) is 5.69 Å². The quantitative estimate of drug-likeness (QED) is 0.253. The zero-order chi connectivity index (χ0) is 27.8. The summed E-state index contributed by atoms with van der Waals surface area (Å²) >= 11 is 6.20. The summed E-state index contributed by atoms with van der Waals surface area (Å²) in [5.41, 5.74) is 2.36. The van der Waals surface area contributed by atoms with E-state index in [1.165, 1.54) is 32.3 Å². The van der Waals surface area contributed by atoms with Crippen LogP contribution in [0.25, 0.3) is 11.0 Å². The largest absolute Gasteiger partial charge is 0.503 e. The second-order valence-electron chi connectivity index (χ2n) is 8.94. The molecule has 0 saturated heterocycles. The van der Waals surface area contributed by atoms with Crippen molar-refractivity contribution in [1.82, 2.24) is 0 Å². The van der Waals surface area contributed by atoms with Crippen molar-refractivity contribution < 1.29 is 33.3 Å². The number of aliphatic hydroxyl groups excluding tert-OH is 1. The van der Waals surface area contributed by atoms with Crippen LogP contribution in [0.1, 0.15) is 34.6 Å². The lowest BCUT2D eigenvalue weighted by Gasteiger charge is -2.27. The molecule has 39 heavy (non-hydrogen) atoms. The van der Waals surface area contributed by atoms with Crippen molar-refractivity contribution in [3.8, 4) is 17.2 Å². The summed E-state index contributed by atoms with van der Waals surface area (Å²) in [6, 6.07) is 16.3. The molecule has 3 aromatic carbocycles. The van der Waals surface area contributed by atoms with Crippen molar-refractivity contribution in [3.63, 3.8) is 0 Å². The highest BCUT2D eigenvalue weighted by Gasteiger charge is 2.45. The van der Waals surface area contributed by atoms with Gasteiger partial charge in [0.25, 0.3) is 5.91 Å². The van der Waals surface area contributed by atoms with Gasteiger partial charge in [-0.2, -0.15) is 0 Å². The second-order valence-corrected chi connectivity index (χ2v) is 9.38. The van der Waals surface area contributed by atoms with Gasteiger partial charge in [-0.05, 0) is 41.8 Å². The van der Waals surface area contributed by atoms with E-state index in [0.29, 0.717) is 44.5 Å². The number of aliphatic hydroxyl groups is 1. The molecule has 0 aliphatic carbocycles. The van der Waals surface area contributed by atoms with Crippen LogP contribution in [0.5, 0.6) is 17.2 Å². The third-order valence-electron chi connectivity index (χ3n) is 6.79. The van der Waals surface area contributed by atoms with Gasteiger partial charge in [0.15, 0.2) is 34.4 Å². The molecule has 0 saturated carbocycles. The van der Waals surface area contributed by atoms with Crippen LogP contribution in [-0.2, 0) is 11.2 Å². The van der Waals surface area contributed by atoms with Crippen LogP contribution in [0.2, 0.25) is 5.02 Å². The van der Waals surface area contributed by atoms with Crippen molar-refractivity contribution in [2.24, 2.45) is 0 Å². The number of ether oxygens (including phenoxy) is 3. The maximum atomic E-state index is 14.0. The highest BCUT2D eigenvalue weighted by molar-refractivity contribution is 6.31. The van der Waals surface area contributed by atoms with E-state index in [0.717, 1.165) is 12.0 Å². The Kier molecular flexibility index (Phi) is 6.97. The topological polar surface area (TPSA) is 98.4 Å². The Bertz CT molecular complexity index is 1620. The normalized spacial score (nSPS) is 15.3. The Balaban J connectivity index is 1.66. The summed E-state index contributed by atoms with van der Waals surface area (Å²) in [5.74, 6) is -0.872. The number of halogens is 1. The van der Waals surface area contributed by atoms with E-state index in [9.17, 15) is 14.7 Å². The van der Waals surface area contributed by atoms with Crippen LogP contribution in [-0.4, -0.2) is 38.1 Å². The number of Topliss-reactive ketones (excluding diaryl/α,β-unsaturated/α-hetero) is 1. The molecule has 8 nitrogen and oxygen atoms in total. The first-order valence-corrected chi connectivity index (χ1v) is 12.6. The van der Waals surface area contributed by atoms with Gasteiger partial charge in [0.1, 0.15) is 0 Å². The number of carbonyl (C=O) groups is 2. The molecule has 0 fully saturated rings. The Labute approximate surface area is 229 Å². The van der Waals surface area contributed by atoms with E-state index in [1.807, 2.05) is 31.2 Å². The summed E-state index contributed by atoms with van der Waals surface area (Å²) in [7, 11) is 4.47. The molecule has 1 N–H and O–H groups in total. The first-order valence-electron chi connectivity index (χ1n) is 12.2. The molecular formula is C30H26ClNO7. The number of aryl methyl sites for hydroxylation is 1. The third-order valence-corrected chi connectivity index (χ3v) is 7.01. The van der Waals surface area contributed by atoms with Crippen molar-refractivity contribution >= 4 is 39.9 Å². The average molecular weight is 548 g/mol. The van der Waals surface area contributed by atoms with E-state index in [2.05, 4.69) is 0 Å². The summed E-state index contributed by atoms with van der Waals surface area (Å²) in [6.45, 7) is 2.03. The van der Waals surface area contributed by atoms with Gasteiger partial charge in [0.05, 0.1) is 32.9 Å². The highest BCUT2D eigenvalue weighted by atomic mass is 35.5. The molecule has 1 aliphatic rings. The second kappa shape index (κ2) is 10.4. The molecule has 0 spiro atoms. The fraction of sp³-hybridized carbons (Fsp3) is 0.200. The maximum absolute atomic E-state index is 14.0. The van der Waals surface area contributed by atoms with Gasteiger partial charge in [-0.25, -0.2) is 0 Å². The number of rotatable bonds is 8. The molecule has 4 aromatic rings. The monoisotopic (exact) mass is 547 g/mol. The van der Waals surface area contributed by atoms with Gasteiger partial charge in [-0.15, -0.1) is 0 Å². The van der Waals surface area contributed by atoms with Crippen LogP contribution < -0.4 is 19.1 Å². The number of carbonyl (C=O) groups excluding carboxylic acids is 2. The molecule has 1 unspecified atom stereocenters. The molecule has 0 radical (unpaired) electrons. The van der Waals surface area contributed by atoms with Gasteiger partial charge in [0.2, 0.25) is 5.78 Å². The summed E-state index contributed by atoms with van der Waals surface area (Å²) < 4.78 is 22.0. The predicted octanol–water partition coefficient (Wildman–Crippen LogP) is 6.46. The Morgan fingerprint density at radius 1 is 0.949 bits per heavy atom. The summed E-state index contributed by atoms with van der Waals surface area (Å²) in [5, 5.41) is 12.1. The number of hydrogen-bond donors (Lipinski definition) is 1. The van der Waals surface area contributed by atoms with Crippen LogP contribution in [0, 0.1) is 0 Å². The van der Waals surface area contributed by atoms with Crippen molar-refractivity contribution in [3.05, 3.63) is 93.9 Å².